The zero-order valence-electron chi connectivity index (χ0n) is 20.5. The highest BCUT2D eigenvalue weighted by Gasteiger charge is 2.31. The minimum atomic E-state index is -4.44. The molecule has 0 radical (unpaired) electrons. The summed E-state index contributed by atoms with van der Waals surface area (Å²) in [7, 11) is 0. The van der Waals surface area contributed by atoms with Crippen molar-refractivity contribution in [3.63, 3.8) is 0 Å². The summed E-state index contributed by atoms with van der Waals surface area (Å²) in [5.41, 5.74) is 2.60. The molecule has 0 unspecified atom stereocenters. The molecule has 1 saturated heterocycles. The first-order valence-electron chi connectivity index (χ1n) is 11.9. The topological polar surface area (TPSA) is 70.5 Å². The maximum Gasteiger partial charge on any atom is 0.416 e. The first-order chi connectivity index (χ1) is 16.6. The number of hydrogen-bond acceptors (Lipinski definition) is 5. The molecule has 0 spiro atoms. The van der Waals surface area contributed by atoms with Gasteiger partial charge in [-0.2, -0.15) is 13.2 Å². The van der Waals surface area contributed by atoms with Crippen LogP contribution in [-0.4, -0.2) is 53.9 Å². The van der Waals surface area contributed by atoms with Crippen molar-refractivity contribution in [3.05, 3.63) is 53.5 Å². The number of amides is 1. The molecule has 0 aromatic carbocycles. The van der Waals surface area contributed by atoms with Crippen LogP contribution in [-0.2, 0) is 4.79 Å². The normalized spacial score (nSPS) is 17.9. The average Bonchev–Trinajstić information content (AvgIpc) is 2.84. The number of aromatic nitrogens is 2. The van der Waals surface area contributed by atoms with Crippen molar-refractivity contribution in [2.24, 2.45) is 4.99 Å². The van der Waals surface area contributed by atoms with Crippen LogP contribution in [0.3, 0.4) is 0 Å². The van der Waals surface area contributed by atoms with Gasteiger partial charge in [-0.1, -0.05) is 25.7 Å². The van der Waals surface area contributed by atoms with Crippen molar-refractivity contribution >= 4 is 29.1 Å². The van der Waals surface area contributed by atoms with Crippen LogP contribution in [0.1, 0.15) is 57.8 Å². The standard InChI is InChI=1S/C26H32F3N5O/c1-5-19(26(27,28)29)8-7-17(3)24-25(21-9-12-30-15-18(21)4)33-22(16-31-24)34-13-10-20(11-14-34)32-23(35)6-2/h5,7-8,15-16,20H,3,6,9-14H2,1-2,4H3,(H,32,35)/b8-7-,19-5?. The monoisotopic (exact) mass is 487 g/mol. The molecular formula is C26H32F3N5O. The average molecular weight is 488 g/mol. The largest absolute Gasteiger partial charge is 0.416 e. The van der Waals surface area contributed by atoms with E-state index in [0.29, 0.717) is 42.2 Å². The SMILES string of the molecule is C=C(/C=C\C(=CC)C(F)(F)F)c1ncc(N2CCC(NC(=O)CC)CC2)nc1C1=C(C)C=NCC1. The predicted octanol–water partition coefficient (Wildman–Crippen LogP) is 5.30. The molecular weight excluding hydrogens is 455 g/mol. The Kier molecular flexibility index (Phi) is 8.64. The van der Waals surface area contributed by atoms with Gasteiger partial charge in [0.2, 0.25) is 5.91 Å². The van der Waals surface area contributed by atoms with Crippen LogP contribution in [0, 0.1) is 0 Å². The highest BCUT2D eigenvalue weighted by Crippen LogP contribution is 2.32. The summed E-state index contributed by atoms with van der Waals surface area (Å²) in [5, 5.41) is 3.04. The molecule has 3 heterocycles. The van der Waals surface area contributed by atoms with Crippen LogP contribution in [0.2, 0.25) is 0 Å². The number of nitrogens with one attached hydrogen (secondary N) is 1. The molecule has 1 fully saturated rings. The van der Waals surface area contributed by atoms with Crippen molar-refractivity contribution in [2.45, 2.75) is 58.7 Å². The lowest BCUT2D eigenvalue weighted by Gasteiger charge is -2.33. The lowest BCUT2D eigenvalue weighted by Crippen LogP contribution is -2.44. The molecule has 6 nitrogen and oxygen atoms in total. The van der Waals surface area contributed by atoms with Crippen LogP contribution >= 0.6 is 0 Å². The highest BCUT2D eigenvalue weighted by molar-refractivity contribution is 5.93. The number of nitrogens with zero attached hydrogens (tertiary/aromatic N) is 4. The Labute approximate surface area is 204 Å². The Bertz CT molecular complexity index is 1080. The fraction of sp³-hybridized carbons (Fsp3) is 0.462. The second-order valence-electron chi connectivity index (χ2n) is 8.65. The van der Waals surface area contributed by atoms with Gasteiger partial charge in [0, 0.05) is 38.3 Å². The van der Waals surface area contributed by atoms with E-state index in [-0.39, 0.29) is 11.9 Å². The van der Waals surface area contributed by atoms with Crippen molar-refractivity contribution in [1.29, 1.82) is 0 Å². The number of allylic oxidation sites excluding steroid dienone is 6. The van der Waals surface area contributed by atoms with Gasteiger partial charge in [-0.3, -0.25) is 14.8 Å². The van der Waals surface area contributed by atoms with Crippen LogP contribution in [0.25, 0.3) is 11.1 Å². The lowest BCUT2D eigenvalue weighted by atomic mass is 9.96. The Balaban J connectivity index is 1.90. The second-order valence-corrected chi connectivity index (χ2v) is 8.65. The molecule has 188 valence electrons. The number of carbonyl (C=O) groups excluding carboxylic acids is 1. The van der Waals surface area contributed by atoms with Crippen LogP contribution in [0.5, 0.6) is 0 Å². The summed E-state index contributed by atoms with van der Waals surface area (Å²) in [4.78, 5) is 27.7. The van der Waals surface area contributed by atoms with Crippen molar-refractivity contribution in [1.82, 2.24) is 15.3 Å². The van der Waals surface area contributed by atoms with Crippen molar-refractivity contribution in [3.8, 4) is 0 Å². The Hall–Kier alpha value is -3.23. The molecule has 1 amide bonds. The molecule has 9 heteroatoms. The summed E-state index contributed by atoms with van der Waals surface area (Å²) in [5.74, 6) is 0.752. The Morgan fingerprint density at radius 2 is 2.00 bits per heavy atom. The number of dihydropyridines is 1. The molecule has 0 bridgehead atoms. The first kappa shape index (κ1) is 26.4. The number of alkyl halides is 3. The predicted molar refractivity (Wildman–Crippen MR) is 134 cm³/mol. The van der Waals surface area contributed by atoms with Crippen LogP contribution in [0.4, 0.5) is 19.0 Å². The maximum atomic E-state index is 13.1. The van der Waals surface area contributed by atoms with E-state index in [1.54, 1.807) is 12.4 Å². The van der Waals surface area contributed by atoms with E-state index in [1.165, 1.54) is 13.0 Å². The summed E-state index contributed by atoms with van der Waals surface area (Å²) in [6.45, 7) is 11.2. The van der Waals surface area contributed by atoms with Crippen LogP contribution in [0.15, 0.2) is 47.1 Å². The molecule has 0 saturated carbocycles. The lowest BCUT2D eigenvalue weighted by molar-refractivity contribution is -0.121. The van der Waals surface area contributed by atoms with E-state index in [1.807, 2.05) is 13.8 Å². The third kappa shape index (κ3) is 6.68. The summed E-state index contributed by atoms with van der Waals surface area (Å²) in [6.07, 6.45) is 5.11. The van der Waals surface area contributed by atoms with E-state index in [4.69, 9.17) is 4.98 Å². The fourth-order valence-electron chi connectivity index (χ4n) is 4.14. The first-order valence-corrected chi connectivity index (χ1v) is 11.9. The van der Waals surface area contributed by atoms with E-state index in [9.17, 15) is 18.0 Å². The van der Waals surface area contributed by atoms with Crippen molar-refractivity contribution in [2.75, 3.05) is 24.5 Å². The van der Waals surface area contributed by atoms with Gasteiger partial charge >= 0.3 is 6.18 Å². The van der Waals surface area contributed by atoms with Gasteiger partial charge < -0.3 is 10.2 Å². The molecule has 0 atom stereocenters. The van der Waals surface area contributed by atoms with E-state index in [0.717, 1.165) is 49.2 Å². The number of piperidine rings is 1. The number of halogens is 3. The third-order valence-electron chi connectivity index (χ3n) is 6.21. The number of aliphatic imine (C=N–C) groups is 1. The minimum absolute atomic E-state index is 0.0504. The summed E-state index contributed by atoms with van der Waals surface area (Å²) in [6, 6.07) is 0.143. The van der Waals surface area contributed by atoms with Gasteiger partial charge in [0.15, 0.2) is 0 Å². The zero-order valence-corrected chi connectivity index (χ0v) is 20.5. The molecule has 0 aliphatic carbocycles. The van der Waals surface area contributed by atoms with E-state index in [2.05, 4.69) is 26.8 Å². The number of carbonyl (C=O) groups is 1. The number of rotatable bonds is 7. The minimum Gasteiger partial charge on any atom is -0.355 e. The molecule has 1 N–H and O–H groups in total. The molecule has 35 heavy (non-hydrogen) atoms. The summed E-state index contributed by atoms with van der Waals surface area (Å²) < 4.78 is 39.4. The maximum absolute atomic E-state index is 13.1. The van der Waals surface area contributed by atoms with Crippen LogP contribution < -0.4 is 10.2 Å². The fourth-order valence-corrected chi connectivity index (χ4v) is 4.14. The van der Waals surface area contributed by atoms with Crippen molar-refractivity contribution < 1.29 is 18.0 Å². The highest BCUT2D eigenvalue weighted by atomic mass is 19.4. The smallest absolute Gasteiger partial charge is 0.355 e. The Morgan fingerprint density at radius 1 is 1.29 bits per heavy atom. The van der Waals surface area contributed by atoms with Gasteiger partial charge in [-0.05, 0) is 55.9 Å². The molecule has 1 aromatic heterocycles. The zero-order chi connectivity index (χ0) is 25.6. The summed E-state index contributed by atoms with van der Waals surface area (Å²) >= 11 is 0. The van der Waals surface area contributed by atoms with Gasteiger partial charge in [-0.15, -0.1) is 0 Å². The van der Waals surface area contributed by atoms with E-state index >= 15 is 0 Å². The van der Waals surface area contributed by atoms with E-state index < -0.39 is 11.7 Å². The molecule has 1 aromatic rings. The van der Waals surface area contributed by atoms with Gasteiger partial charge in [0.1, 0.15) is 5.82 Å². The van der Waals surface area contributed by atoms with Gasteiger partial charge in [0.25, 0.3) is 0 Å². The third-order valence-corrected chi connectivity index (χ3v) is 6.21. The number of anilines is 1. The molecule has 3 rings (SSSR count). The van der Waals surface area contributed by atoms with Gasteiger partial charge in [-0.25, -0.2) is 4.98 Å². The quantitative estimate of drug-likeness (QED) is 0.530. The second kappa shape index (κ2) is 11.5. The molecule has 2 aliphatic rings. The van der Waals surface area contributed by atoms with Gasteiger partial charge in [0.05, 0.1) is 23.2 Å². The number of hydrogen-bond donors (Lipinski definition) is 1. The molecule has 2 aliphatic heterocycles. The Morgan fingerprint density at radius 3 is 2.60 bits per heavy atom.